The molecule has 35 heavy (non-hydrogen) atoms. The molecule has 0 radical (unpaired) electrons. The number of fused-ring (bicyclic) bond motifs is 1. The SMILES string of the molecule is CCOC(=O)C1=C(C)N=c2sc(=Cc3cn[nH]c3-c3ccccc3)c(=O)n2[C@H]1c1ccc(F)cc1. The molecule has 0 unspecified atom stereocenters. The number of allylic oxidation sites excluding steroid dienone is 1. The van der Waals surface area contributed by atoms with Crippen LogP contribution in [0.5, 0.6) is 0 Å². The standard InChI is InChI=1S/C26H21FN4O3S/c1-3-34-25(33)21-15(2)29-26-31(23(21)17-9-11-19(27)12-10-17)24(32)20(35-26)13-18-14-28-30-22(18)16-7-5-4-6-8-16/h4-14,23H,3H2,1-2H3,(H,28,30)/t23-/m0/s1. The molecule has 1 atom stereocenters. The van der Waals surface area contributed by atoms with E-state index in [1.165, 1.54) is 28.0 Å². The molecule has 9 heteroatoms. The molecule has 0 aliphatic carbocycles. The second kappa shape index (κ2) is 9.27. The van der Waals surface area contributed by atoms with Gasteiger partial charge in [-0.3, -0.25) is 14.5 Å². The van der Waals surface area contributed by atoms with Gasteiger partial charge in [-0.2, -0.15) is 5.10 Å². The van der Waals surface area contributed by atoms with Crippen molar-refractivity contribution in [2.24, 2.45) is 4.99 Å². The molecule has 0 saturated carbocycles. The second-order valence-corrected chi connectivity index (χ2v) is 8.93. The van der Waals surface area contributed by atoms with Crippen LogP contribution in [0.3, 0.4) is 0 Å². The van der Waals surface area contributed by atoms with Crippen LogP contribution in [0, 0.1) is 5.82 Å². The molecule has 0 fully saturated rings. The van der Waals surface area contributed by atoms with E-state index in [1.807, 2.05) is 30.3 Å². The summed E-state index contributed by atoms with van der Waals surface area (Å²) in [4.78, 5) is 31.6. The van der Waals surface area contributed by atoms with Crippen LogP contribution in [-0.2, 0) is 9.53 Å². The van der Waals surface area contributed by atoms with Gasteiger partial charge < -0.3 is 4.74 Å². The molecule has 2 aromatic heterocycles. The lowest BCUT2D eigenvalue weighted by molar-refractivity contribution is -0.139. The molecular weight excluding hydrogens is 467 g/mol. The van der Waals surface area contributed by atoms with E-state index in [-0.39, 0.29) is 17.7 Å². The van der Waals surface area contributed by atoms with Gasteiger partial charge in [0.1, 0.15) is 5.82 Å². The van der Waals surface area contributed by atoms with E-state index in [0.717, 1.165) is 16.8 Å². The molecule has 3 heterocycles. The van der Waals surface area contributed by atoms with Crippen molar-refractivity contribution in [2.45, 2.75) is 19.9 Å². The number of aromatic amines is 1. The molecule has 7 nitrogen and oxygen atoms in total. The molecule has 0 saturated heterocycles. The van der Waals surface area contributed by atoms with Gasteiger partial charge in [0, 0.05) is 11.1 Å². The number of H-pyrrole nitrogens is 1. The largest absolute Gasteiger partial charge is 0.463 e. The topological polar surface area (TPSA) is 89.3 Å². The Bertz CT molecular complexity index is 1620. The lowest BCUT2D eigenvalue weighted by Gasteiger charge is -2.24. The minimum absolute atomic E-state index is 0.179. The van der Waals surface area contributed by atoms with Crippen LogP contribution < -0.4 is 14.9 Å². The number of aromatic nitrogens is 3. The maximum Gasteiger partial charge on any atom is 0.338 e. The van der Waals surface area contributed by atoms with Crippen LogP contribution in [0.15, 0.2) is 81.9 Å². The Morgan fingerprint density at radius 3 is 2.66 bits per heavy atom. The summed E-state index contributed by atoms with van der Waals surface area (Å²) in [5, 5.41) is 7.15. The summed E-state index contributed by atoms with van der Waals surface area (Å²) in [5.41, 5.74) is 3.47. The van der Waals surface area contributed by atoms with Crippen LogP contribution in [0.4, 0.5) is 4.39 Å². The zero-order valence-electron chi connectivity index (χ0n) is 19.0. The maximum atomic E-state index is 13.7. The number of hydrogen-bond acceptors (Lipinski definition) is 6. The summed E-state index contributed by atoms with van der Waals surface area (Å²) < 4.78 is 20.9. The Hall–Kier alpha value is -4.11. The number of nitrogens with one attached hydrogen (secondary N) is 1. The number of halogens is 1. The molecule has 0 bridgehead atoms. The summed E-state index contributed by atoms with van der Waals surface area (Å²) >= 11 is 1.22. The van der Waals surface area contributed by atoms with Crippen molar-refractivity contribution < 1.29 is 13.9 Å². The molecule has 1 aliphatic heterocycles. The lowest BCUT2D eigenvalue weighted by atomic mass is 9.96. The van der Waals surface area contributed by atoms with Gasteiger partial charge in [-0.05, 0) is 37.6 Å². The average molecular weight is 489 g/mol. The Morgan fingerprint density at radius 1 is 1.20 bits per heavy atom. The van der Waals surface area contributed by atoms with Crippen molar-refractivity contribution in [1.82, 2.24) is 14.8 Å². The van der Waals surface area contributed by atoms with Gasteiger partial charge in [0.25, 0.3) is 5.56 Å². The summed E-state index contributed by atoms with van der Waals surface area (Å²) in [6.45, 7) is 3.60. The molecule has 0 spiro atoms. The third-order valence-corrected chi connectivity index (χ3v) is 6.70. The van der Waals surface area contributed by atoms with Crippen LogP contribution >= 0.6 is 11.3 Å². The van der Waals surface area contributed by atoms with Gasteiger partial charge in [-0.25, -0.2) is 14.2 Å². The molecule has 2 aromatic carbocycles. The van der Waals surface area contributed by atoms with Crippen LogP contribution in [0.2, 0.25) is 0 Å². The number of hydrogen-bond donors (Lipinski definition) is 1. The molecule has 4 aromatic rings. The van der Waals surface area contributed by atoms with Gasteiger partial charge in [0.05, 0.1) is 40.3 Å². The first-order chi connectivity index (χ1) is 17.0. The average Bonchev–Trinajstić information content (AvgIpc) is 3.44. The van der Waals surface area contributed by atoms with Gasteiger partial charge in [-0.1, -0.05) is 53.8 Å². The Kier molecular flexibility index (Phi) is 6.00. The highest BCUT2D eigenvalue weighted by Crippen LogP contribution is 2.30. The van der Waals surface area contributed by atoms with Gasteiger partial charge >= 0.3 is 5.97 Å². The fourth-order valence-corrected chi connectivity index (χ4v) is 5.17. The predicted molar refractivity (Wildman–Crippen MR) is 131 cm³/mol. The Morgan fingerprint density at radius 2 is 1.94 bits per heavy atom. The summed E-state index contributed by atoms with van der Waals surface area (Å²) in [5.74, 6) is -0.966. The number of nitrogens with zero attached hydrogens (tertiary/aromatic N) is 3. The number of esters is 1. The van der Waals surface area contributed by atoms with E-state index in [1.54, 1.807) is 38.3 Å². The van der Waals surface area contributed by atoms with Gasteiger partial charge in [-0.15, -0.1) is 0 Å². The van der Waals surface area contributed by atoms with E-state index in [4.69, 9.17) is 4.74 Å². The molecular formula is C26H21FN4O3S. The monoisotopic (exact) mass is 488 g/mol. The van der Waals surface area contributed by atoms with E-state index < -0.39 is 17.8 Å². The predicted octanol–water partition coefficient (Wildman–Crippen LogP) is 3.33. The first-order valence-electron chi connectivity index (χ1n) is 11.0. The molecule has 5 rings (SSSR count). The van der Waals surface area contributed by atoms with Crippen molar-refractivity contribution in [3.8, 4) is 11.3 Å². The maximum absolute atomic E-state index is 13.7. The number of carbonyl (C=O) groups excluding carboxylic acids is 1. The first-order valence-corrected chi connectivity index (χ1v) is 11.8. The molecule has 1 N–H and O–H groups in total. The number of benzene rings is 2. The van der Waals surface area contributed by atoms with E-state index in [2.05, 4.69) is 15.2 Å². The van der Waals surface area contributed by atoms with Gasteiger partial charge in [0.2, 0.25) is 0 Å². The fourth-order valence-electron chi connectivity index (χ4n) is 4.13. The minimum Gasteiger partial charge on any atom is -0.463 e. The molecule has 0 amide bonds. The highest BCUT2D eigenvalue weighted by atomic mass is 32.1. The Balaban J connectivity index is 1.70. The fraction of sp³-hybridized carbons (Fsp3) is 0.154. The highest BCUT2D eigenvalue weighted by Gasteiger charge is 2.33. The summed E-state index contributed by atoms with van der Waals surface area (Å²) in [6, 6.07) is 14.7. The van der Waals surface area contributed by atoms with Crippen molar-refractivity contribution in [2.75, 3.05) is 6.61 Å². The first kappa shape index (κ1) is 22.7. The third-order valence-electron chi connectivity index (χ3n) is 5.72. The molecule has 176 valence electrons. The number of ether oxygens (including phenoxy) is 1. The zero-order chi connectivity index (χ0) is 24.5. The van der Waals surface area contributed by atoms with E-state index in [0.29, 0.717) is 20.6 Å². The zero-order valence-corrected chi connectivity index (χ0v) is 19.8. The highest BCUT2D eigenvalue weighted by molar-refractivity contribution is 7.07. The lowest BCUT2D eigenvalue weighted by Crippen LogP contribution is -2.39. The van der Waals surface area contributed by atoms with E-state index >= 15 is 0 Å². The number of thiazole rings is 1. The van der Waals surface area contributed by atoms with Crippen LogP contribution in [0.1, 0.15) is 31.0 Å². The Labute approximate surface area is 203 Å². The third kappa shape index (κ3) is 4.15. The summed E-state index contributed by atoms with van der Waals surface area (Å²) in [6.07, 6.45) is 3.42. The van der Waals surface area contributed by atoms with E-state index in [9.17, 15) is 14.0 Å². The second-order valence-electron chi connectivity index (χ2n) is 7.92. The number of rotatable bonds is 5. The van der Waals surface area contributed by atoms with Crippen LogP contribution in [0.25, 0.3) is 17.3 Å². The summed E-state index contributed by atoms with van der Waals surface area (Å²) in [7, 11) is 0. The quantitative estimate of drug-likeness (QED) is 0.437. The van der Waals surface area contributed by atoms with Crippen molar-refractivity contribution >= 4 is 23.4 Å². The normalized spacial score (nSPS) is 15.6. The molecule has 1 aliphatic rings. The number of carbonyl (C=O) groups is 1. The van der Waals surface area contributed by atoms with Crippen molar-refractivity contribution in [3.63, 3.8) is 0 Å². The van der Waals surface area contributed by atoms with Crippen LogP contribution in [-0.4, -0.2) is 27.3 Å². The van der Waals surface area contributed by atoms with Crippen molar-refractivity contribution in [3.05, 3.63) is 109 Å². The van der Waals surface area contributed by atoms with Gasteiger partial charge in [0.15, 0.2) is 4.80 Å². The van der Waals surface area contributed by atoms with Crippen molar-refractivity contribution in [1.29, 1.82) is 0 Å². The minimum atomic E-state index is -0.786. The smallest absolute Gasteiger partial charge is 0.338 e.